The lowest BCUT2D eigenvalue weighted by Crippen LogP contribution is -2.04. The van der Waals surface area contributed by atoms with Crippen LogP contribution in [0, 0.1) is 6.92 Å². The summed E-state index contributed by atoms with van der Waals surface area (Å²) in [5.41, 5.74) is 2.21. The van der Waals surface area contributed by atoms with Crippen LogP contribution in [0.1, 0.15) is 5.56 Å². The molecule has 4 aromatic rings. The lowest BCUT2D eigenvalue weighted by Gasteiger charge is -2.10. The molecular formula is C21H19N3OS2. The number of rotatable bonds is 7. The van der Waals surface area contributed by atoms with Crippen molar-refractivity contribution < 1.29 is 4.74 Å². The Hall–Kier alpha value is -2.57. The summed E-state index contributed by atoms with van der Waals surface area (Å²) in [6, 6.07) is 22.4. The summed E-state index contributed by atoms with van der Waals surface area (Å²) in [5, 5.41) is 11.8. The second-order valence-corrected chi connectivity index (χ2v) is 7.93. The quantitative estimate of drug-likeness (QED) is 0.308. The lowest BCUT2D eigenvalue weighted by atomic mass is 10.2. The van der Waals surface area contributed by atoms with E-state index >= 15 is 0 Å². The van der Waals surface area contributed by atoms with Crippen LogP contribution in [0.4, 0.5) is 0 Å². The average molecular weight is 394 g/mol. The minimum absolute atomic E-state index is 0.617. The molecule has 0 aliphatic carbocycles. The highest BCUT2D eigenvalue weighted by atomic mass is 32.2. The normalized spacial score (nSPS) is 10.9. The third-order valence-electron chi connectivity index (χ3n) is 4.05. The number of aryl methyl sites for hydroxylation is 1. The maximum atomic E-state index is 5.91. The van der Waals surface area contributed by atoms with E-state index in [2.05, 4.69) is 51.3 Å². The first-order valence-electron chi connectivity index (χ1n) is 8.69. The van der Waals surface area contributed by atoms with Gasteiger partial charge < -0.3 is 4.74 Å². The molecule has 0 fully saturated rings. The molecule has 0 saturated heterocycles. The predicted octanol–water partition coefficient (Wildman–Crippen LogP) is 5.48. The molecule has 0 bridgehead atoms. The van der Waals surface area contributed by atoms with E-state index in [9.17, 15) is 0 Å². The number of nitrogens with zero attached hydrogens (tertiary/aromatic N) is 3. The van der Waals surface area contributed by atoms with Crippen molar-refractivity contribution in [2.24, 2.45) is 0 Å². The van der Waals surface area contributed by atoms with Crippen LogP contribution in [0.25, 0.3) is 16.4 Å². The smallest absolute Gasteiger partial charge is 0.196 e. The number of aromatic nitrogens is 3. The maximum Gasteiger partial charge on any atom is 0.196 e. The van der Waals surface area contributed by atoms with Crippen molar-refractivity contribution in [2.45, 2.75) is 12.1 Å². The molecule has 0 unspecified atom stereocenters. The Morgan fingerprint density at radius 1 is 0.963 bits per heavy atom. The fraction of sp³-hybridized carbons (Fsp3) is 0.143. The molecule has 0 spiro atoms. The number of hydrogen-bond donors (Lipinski definition) is 0. The molecule has 0 aliphatic rings. The summed E-state index contributed by atoms with van der Waals surface area (Å²) < 4.78 is 8.02. The molecule has 0 aliphatic heterocycles. The van der Waals surface area contributed by atoms with E-state index in [1.807, 2.05) is 42.5 Å². The van der Waals surface area contributed by atoms with Crippen molar-refractivity contribution in [3.05, 3.63) is 77.7 Å². The number of thiophene rings is 1. The molecule has 136 valence electrons. The van der Waals surface area contributed by atoms with Crippen LogP contribution in [-0.2, 0) is 0 Å². The van der Waals surface area contributed by atoms with Crippen molar-refractivity contribution in [3.63, 3.8) is 0 Å². The Morgan fingerprint density at radius 2 is 1.78 bits per heavy atom. The van der Waals surface area contributed by atoms with Gasteiger partial charge in [-0.15, -0.1) is 21.5 Å². The summed E-state index contributed by atoms with van der Waals surface area (Å²) in [5.74, 6) is 2.60. The van der Waals surface area contributed by atoms with Crippen molar-refractivity contribution in [1.82, 2.24) is 14.8 Å². The van der Waals surface area contributed by atoms with Gasteiger partial charge in [0.15, 0.2) is 11.0 Å². The van der Waals surface area contributed by atoms with Gasteiger partial charge in [0.25, 0.3) is 0 Å². The van der Waals surface area contributed by atoms with Gasteiger partial charge in [-0.25, -0.2) is 0 Å². The molecule has 2 heterocycles. The second-order valence-electron chi connectivity index (χ2n) is 5.92. The third kappa shape index (κ3) is 4.07. The van der Waals surface area contributed by atoms with Crippen LogP contribution in [-0.4, -0.2) is 27.1 Å². The highest BCUT2D eigenvalue weighted by Gasteiger charge is 2.16. The molecule has 2 aromatic carbocycles. The van der Waals surface area contributed by atoms with Crippen LogP contribution in [0.2, 0.25) is 0 Å². The number of para-hydroxylation sites is 2. The Kier molecular flexibility index (Phi) is 5.55. The molecule has 0 saturated carbocycles. The van der Waals surface area contributed by atoms with Crippen LogP contribution in [0.5, 0.6) is 5.75 Å². The van der Waals surface area contributed by atoms with Gasteiger partial charge in [0.2, 0.25) is 0 Å². The van der Waals surface area contributed by atoms with Crippen LogP contribution < -0.4 is 4.74 Å². The van der Waals surface area contributed by atoms with E-state index < -0.39 is 0 Å². The molecule has 2 aromatic heterocycles. The zero-order valence-corrected chi connectivity index (χ0v) is 16.5. The van der Waals surface area contributed by atoms with Gasteiger partial charge in [-0.2, -0.15) is 0 Å². The highest BCUT2D eigenvalue weighted by Crippen LogP contribution is 2.30. The Morgan fingerprint density at radius 3 is 2.56 bits per heavy atom. The molecule has 0 N–H and O–H groups in total. The standard InChI is InChI=1S/C21H19N3OS2/c1-16-8-5-6-11-18(16)25-13-15-27-21-23-22-20(19-12-7-14-26-19)24(21)17-9-3-2-4-10-17/h2-12,14H,13,15H2,1H3. The summed E-state index contributed by atoms with van der Waals surface area (Å²) in [4.78, 5) is 1.11. The van der Waals surface area contributed by atoms with Crippen molar-refractivity contribution in [2.75, 3.05) is 12.4 Å². The summed E-state index contributed by atoms with van der Waals surface area (Å²) in [6.07, 6.45) is 0. The summed E-state index contributed by atoms with van der Waals surface area (Å²) in [7, 11) is 0. The number of benzene rings is 2. The van der Waals surface area contributed by atoms with E-state index in [0.29, 0.717) is 6.61 Å². The van der Waals surface area contributed by atoms with Gasteiger partial charge in [0, 0.05) is 11.4 Å². The van der Waals surface area contributed by atoms with Gasteiger partial charge >= 0.3 is 0 Å². The fourth-order valence-electron chi connectivity index (χ4n) is 2.74. The third-order valence-corrected chi connectivity index (χ3v) is 5.81. The largest absolute Gasteiger partial charge is 0.492 e. The second kappa shape index (κ2) is 8.41. The van der Waals surface area contributed by atoms with Gasteiger partial charge in [0.1, 0.15) is 5.75 Å². The Bertz CT molecular complexity index is 997. The Balaban J connectivity index is 1.52. The predicted molar refractivity (Wildman–Crippen MR) is 112 cm³/mol. The summed E-state index contributed by atoms with van der Waals surface area (Å²) >= 11 is 3.32. The first-order chi connectivity index (χ1) is 13.3. The van der Waals surface area contributed by atoms with Crippen molar-refractivity contribution >= 4 is 23.1 Å². The van der Waals surface area contributed by atoms with Gasteiger partial charge in [-0.3, -0.25) is 4.57 Å². The monoisotopic (exact) mass is 393 g/mol. The molecule has 27 heavy (non-hydrogen) atoms. The number of thioether (sulfide) groups is 1. The zero-order chi connectivity index (χ0) is 18.5. The SMILES string of the molecule is Cc1ccccc1OCCSc1nnc(-c2cccs2)n1-c1ccccc1. The van der Waals surface area contributed by atoms with E-state index in [4.69, 9.17) is 4.74 Å². The van der Waals surface area contributed by atoms with Crippen LogP contribution in [0.3, 0.4) is 0 Å². The minimum Gasteiger partial charge on any atom is -0.492 e. The average Bonchev–Trinajstić information content (AvgIpc) is 3.37. The zero-order valence-electron chi connectivity index (χ0n) is 14.9. The highest BCUT2D eigenvalue weighted by molar-refractivity contribution is 7.99. The van der Waals surface area contributed by atoms with E-state index in [0.717, 1.165) is 38.6 Å². The van der Waals surface area contributed by atoms with E-state index in [-0.39, 0.29) is 0 Å². The van der Waals surface area contributed by atoms with Crippen molar-refractivity contribution in [3.8, 4) is 22.1 Å². The van der Waals surface area contributed by atoms with Crippen LogP contribution >= 0.6 is 23.1 Å². The first kappa shape index (κ1) is 17.8. The molecule has 4 nitrogen and oxygen atoms in total. The maximum absolute atomic E-state index is 5.91. The first-order valence-corrected chi connectivity index (χ1v) is 10.6. The summed E-state index contributed by atoms with van der Waals surface area (Å²) in [6.45, 7) is 2.67. The van der Waals surface area contributed by atoms with Gasteiger partial charge in [-0.1, -0.05) is 54.2 Å². The number of hydrogen-bond acceptors (Lipinski definition) is 5. The minimum atomic E-state index is 0.617. The van der Waals surface area contributed by atoms with Crippen molar-refractivity contribution in [1.29, 1.82) is 0 Å². The fourth-order valence-corrected chi connectivity index (χ4v) is 4.21. The van der Waals surface area contributed by atoms with Gasteiger partial charge in [-0.05, 0) is 42.1 Å². The lowest BCUT2D eigenvalue weighted by molar-refractivity contribution is 0.341. The molecule has 6 heteroatoms. The molecule has 0 radical (unpaired) electrons. The molecule has 4 rings (SSSR count). The van der Waals surface area contributed by atoms with E-state index in [1.165, 1.54) is 0 Å². The van der Waals surface area contributed by atoms with Gasteiger partial charge in [0.05, 0.1) is 11.5 Å². The van der Waals surface area contributed by atoms with E-state index in [1.54, 1.807) is 23.1 Å². The molecule has 0 amide bonds. The topological polar surface area (TPSA) is 39.9 Å². The Labute approximate surface area is 166 Å². The van der Waals surface area contributed by atoms with Crippen LogP contribution in [0.15, 0.2) is 77.3 Å². The molecule has 0 atom stereocenters. The number of ether oxygens (including phenoxy) is 1. The molecular weight excluding hydrogens is 374 g/mol.